The van der Waals surface area contributed by atoms with Crippen LogP contribution < -0.4 is 0 Å². The number of aliphatic hydroxyl groups excluding tert-OH is 1. The second-order valence-electron chi connectivity index (χ2n) is 7.91. The fourth-order valence-corrected chi connectivity index (χ4v) is 5.21. The van der Waals surface area contributed by atoms with Gasteiger partial charge >= 0.3 is 12.3 Å². The molecule has 0 bridgehead atoms. The van der Waals surface area contributed by atoms with Gasteiger partial charge in [-0.3, -0.25) is 0 Å². The molecule has 1 aromatic carbocycles. The van der Waals surface area contributed by atoms with Crippen LogP contribution in [-0.2, 0) is 19.5 Å². The Balaban J connectivity index is 1.59. The van der Waals surface area contributed by atoms with Crippen molar-refractivity contribution in [1.82, 2.24) is 9.21 Å². The summed E-state index contributed by atoms with van der Waals surface area (Å²) in [6.45, 7) is -1.12. The van der Waals surface area contributed by atoms with Gasteiger partial charge in [0.25, 0.3) is 0 Å². The number of alkyl halides is 3. The van der Waals surface area contributed by atoms with E-state index in [1.54, 1.807) is 0 Å². The summed E-state index contributed by atoms with van der Waals surface area (Å²) >= 11 is 0. The van der Waals surface area contributed by atoms with E-state index in [-0.39, 0.29) is 24.6 Å². The molecule has 2 aliphatic rings. The Kier molecular flexibility index (Phi) is 7.03. The number of carbonyl (C=O) groups excluding carboxylic acids is 1. The van der Waals surface area contributed by atoms with Crippen molar-refractivity contribution in [2.75, 3.05) is 33.4 Å². The maximum Gasteiger partial charge on any atom is 0.427 e. The van der Waals surface area contributed by atoms with Gasteiger partial charge in [-0.25, -0.2) is 17.6 Å². The van der Waals surface area contributed by atoms with E-state index in [1.165, 1.54) is 23.5 Å². The van der Waals surface area contributed by atoms with Crippen molar-refractivity contribution in [3.63, 3.8) is 0 Å². The van der Waals surface area contributed by atoms with Gasteiger partial charge in [0, 0.05) is 20.1 Å². The van der Waals surface area contributed by atoms with E-state index in [1.807, 2.05) is 0 Å². The first-order chi connectivity index (χ1) is 14.9. The van der Waals surface area contributed by atoms with E-state index in [2.05, 4.69) is 4.74 Å². The van der Waals surface area contributed by atoms with Crippen molar-refractivity contribution >= 4 is 16.1 Å². The third kappa shape index (κ3) is 5.16. The van der Waals surface area contributed by atoms with Crippen LogP contribution in [0.4, 0.5) is 22.4 Å². The second-order valence-corrected chi connectivity index (χ2v) is 9.91. The molecule has 1 N–H and O–H groups in total. The number of carbonyl (C=O) groups is 1. The van der Waals surface area contributed by atoms with E-state index < -0.39 is 52.5 Å². The first-order valence-electron chi connectivity index (χ1n) is 9.89. The molecule has 1 aromatic rings. The predicted molar refractivity (Wildman–Crippen MR) is 103 cm³/mol. The standard InChI is InChI=1S/C19H24F4N2O6S/c1-24(32(28,29)15-4-2-13(20)3-5-15)14-10-18(30-12-14)6-8-25(9-7-18)17(27)31-16(11-26)19(21,22)23/h2-5,14,16,26H,6-12H2,1H3. The number of halogens is 4. The van der Waals surface area contributed by atoms with Crippen molar-refractivity contribution in [3.05, 3.63) is 30.1 Å². The number of likely N-dealkylation sites (tertiary alicyclic amines) is 1. The Labute approximate surface area is 182 Å². The minimum absolute atomic E-state index is 0.0528. The molecule has 1 amide bonds. The lowest BCUT2D eigenvalue weighted by atomic mass is 9.87. The lowest BCUT2D eigenvalue weighted by Gasteiger charge is -2.38. The summed E-state index contributed by atoms with van der Waals surface area (Å²) in [4.78, 5) is 13.1. The van der Waals surface area contributed by atoms with Crippen LogP contribution in [0.3, 0.4) is 0 Å². The van der Waals surface area contributed by atoms with Crippen LogP contribution in [0.2, 0.25) is 0 Å². The molecular formula is C19H24F4N2O6S. The Bertz CT molecular complexity index is 917. The Hall–Kier alpha value is -1.96. The Morgan fingerprint density at radius 2 is 1.91 bits per heavy atom. The lowest BCUT2D eigenvalue weighted by Crippen LogP contribution is -2.49. The summed E-state index contributed by atoms with van der Waals surface area (Å²) in [5.74, 6) is -0.555. The SMILES string of the molecule is CN(C1COC2(CCN(C(=O)OC(CO)C(F)(F)F)CC2)C1)S(=O)(=O)c1ccc(F)cc1. The molecule has 2 fully saturated rings. The highest BCUT2D eigenvalue weighted by molar-refractivity contribution is 7.89. The number of rotatable bonds is 5. The van der Waals surface area contributed by atoms with Crippen LogP contribution in [-0.4, -0.2) is 86.1 Å². The molecule has 3 rings (SSSR count). The number of amides is 1. The smallest absolute Gasteiger partial charge is 0.427 e. The third-order valence-corrected chi connectivity index (χ3v) is 7.83. The fourth-order valence-electron chi connectivity index (χ4n) is 3.87. The van der Waals surface area contributed by atoms with Crippen LogP contribution in [0.15, 0.2) is 29.2 Å². The van der Waals surface area contributed by atoms with Crippen LogP contribution >= 0.6 is 0 Å². The Morgan fingerprint density at radius 1 is 1.31 bits per heavy atom. The van der Waals surface area contributed by atoms with Gasteiger partial charge in [0.1, 0.15) is 5.82 Å². The molecule has 2 aliphatic heterocycles. The van der Waals surface area contributed by atoms with Gasteiger partial charge < -0.3 is 19.5 Å². The van der Waals surface area contributed by atoms with E-state index in [9.17, 15) is 30.8 Å². The molecule has 13 heteroatoms. The van der Waals surface area contributed by atoms with E-state index >= 15 is 0 Å². The molecule has 0 aliphatic carbocycles. The van der Waals surface area contributed by atoms with Crippen LogP contribution in [0.1, 0.15) is 19.3 Å². The number of ether oxygens (including phenoxy) is 2. The summed E-state index contributed by atoms with van der Waals surface area (Å²) in [5, 5.41) is 8.81. The minimum Gasteiger partial charge on any atom is -0.434 e. The molecule has 0 aromatic heterocycles. The van der Waals surface area contributed by atoms with Gasteiger partial charge in [0.15, 0.2) is 0 Å². The largest absolute Gasteiger partial charge is 0.434 e. The predicted octanol–water partition coefficient (Wildman–Crippen LogP) is 2.13. The number of likely N-dealkylation sites (N-methyl/N-ethyl adjacent to an activating group) is 1. The molecule has 2 saturated heterocycles. The highest BCUT2D eigenvalue weighted by Crippen LogP contribution is 2.39. The zero-order chi connectivity index (χ0) is 23.7. The number of hydrogen-bond donors (Lipinski definition) is 1. The summed E-state index contributed by atoms with van der Waals surface area (Å²) in [7, 11) is -2.47. The third-order valence-electron chi connectivity index (χ3n) is 5.90. The second kappa shape index (κ2) is 9.12. The number of piperidine rings is 1. The van der Waals surface area contributed by atoms with Gasteiger partial charge in [-0.1, -0.05) is 0 Å². The molecule has 2 unspecified atom stereocenters. The van der Waals surface area contributed by atoms with Crippen molar-refractivity contribution in [2.45, 2.75) is 48.1 Å². The first kappa shape index (κ1) is 24.7. The lowest BCUT2D eigenvalue weighted by molar-refractivity contribution is -0.215. The van der Waals surface area contributed by atoms with Crippen molar-refractivity contribution < 1.29 is 45.4 Å². The van der Waals surface area contributed by atoms with Crippen molar-refractivity contribution in [1.29, 1.82) is 0 Å². The first-order valence-corrected chi connectivity index (χ1v) is 11.3. The highest BCUT2D eigenvalue weighted by Gasteiger charge is 2.48. The number of benzene rings is 1. The maximum atomic E-state index is 13.1. The van der Waals surface area contributed by atoms with E-state index in [0.717, 1.165) is 17.0 Å². The average molecular weight is 484 g/mol. The van der Waals surface area contributed by atoms with Crippen LogP contribution in [0.25, 0.3) is 0 Å². The van der Waals surface area contributed by atoms with Gasteiger partial charge in [0.2, 0.25) is 16.1 Å². The number of aliphatic hydroxyl groups is 1. The molecule has 2 heterocycles. The summed E-state index contributed by atoms with van der Waals surface area (Å²) in [6, 6.07) is 3.98. The van der Waals surface area contributed by atoms with Gasteiger partial charge in [-0.2, -0.15) is 17.5 Å². The number of hydrogen-bond acceptors (Lipinski definition) is 6. The number of nitrogens with zero attached hydrogens (tertiary/aromatic N) is 2. The molecule has 32 heavy (non-hydrogen) atoms. The molecular weight excluding hydrogens is 460 g/mol. The van der Waals surface area contributed by atoms with Gasteiger partial charge in [-0.05, 0) is 43.5 Å². The molecule has 8 nitrogen and oxygen atoms in total. The Morgan fingerprint density at radius 3 is 2.44 bits per heavy atom. The zero-order valence-corrected chi connectivity index (χ0v) is 18.0. The summed E-state index contributed by atoms with van der Waals surface area (Å²) in [6.07, 6.45) is -7.72. The molecule has 0 saturated carbocycles. The van der Waals surface area contributed by atoms with E-state index in [0.29, 0.717) is 19.3 Å². The van der Waals surface area contributed by atoms with E-state index in [4.69, 9.17) is 9.84 Å². The highest BCUT2D eigenvalue weighted by atomic mass is 32.2. The average Bonchev–Trinajstić information content (AvgIpc) is 3.14. The monoisotopic (exact) mass is 484 g/mol. The van der Waals surface area contributed by atoms with Crippen LogP contribution in [0, 0.1) is 5.82 Å². The topological polar surface area (TPSA) is 96.4 Å². The van der Waals surface area contributed by atoms with Gasteiger partial charge in [0.05, 0.1) is 29.8 Å². The van der Waals surface area contributed by atoms with Crippen LogP contribution in [0.5, 0.6) is 0 Å². The number of sulfonamides is 1. The zero-order valence-electron chi connectivity index (χ0n) is 17.2. The maximum absolute atomic E-state index is 13.1. The normalized spacial score (nSPS) is 22.3. The minimum atomic E-state index is -4.87. The molecule has 180 valence electrons. The van der Waals surface area contributed by atoms with Crippen molar-refractivity contribution in [3.8, 4) is 0 Å². The molecule has 0 radical (unpaired) electrons. The summed E-state index contributed by atoms with van der Waals surface area (Å²) < 4.78 is 88.3. The van der Waals surface area contributed by atoms with Gasteiger partial charge in [-0.15, -0.1) is 0 Å². The fraction of sp³-hybridized carbons (Fsp3) is 0.632. The summed E-state index contributed by atoms with van der Waals surface area (Å²) in [5.41, 5.74) is -0.714. The quantitative estimate of drug-likeness (QED) is 0.644. The molecule has 1 spiro atoms. The molecule has 2 atom stereocenters. The van der Waals surface area contributed by atoms with Crippen molar-refractivity contribution in [2.24, 2.45) is 0 Å².